The summed E-state index contributed by atoms with van der Waals surface area (Å²) in [6, 6.07) is 0. The van der Waals surface area contributed by atoms with Gasteiger partial charge in [0.15, 0.2) is 6.73 Å². The molecule has 3 nitrogen and oxygen atoms in total. The van der Waals surface area contributed by atoms with Crippen molar-refractivity contribution < 1.29 is 9.22 Å². The van der Waals surface area contributed by atoms with Gasteiger partial charge in [-0.3, -0.25) is 0 Å². The van der Waals surface area contributed by atoms with E-state index in [9.17, 15) is 0 Å². The fraction of sp³-hybridized carbons (Fsp3) is 1.00. The Balaban J connectivity index is 3.12. The standard InChI is InChI=1S/C9H23N2O/c1-10(2)7-6-8-12-9-11(3,4)5/h6-9H2,1-5H3/q+1. The van der Waals surface area contributed by atoms with Gasteiger partial charge in [0.1, 0.15) is 0 Å². The Morgan fingerprint density at radius 1 is 1.17 bits per heavy atom. The quantitative estimate of drug-likeness (QED) is 0.333. The maximum atomic E-state index is 5.49. The molecule has 0 amide bonds. The molecular formula is C9H23N2O+. The highest BCUT2D eigenvalue weighted by molar-refractivity contribution is 4.41. The SMILES string of the molecule is CN(C)CCCOC[N+](C)(C)C. The van der Waals surface area contributed by atoms with Crippen molar-refractivity contribution in [3.05, 3.63) is 0 Å². The molecular weight excluding hydrogens is 152 g/mol. The van der Waals surface area contributed by atoms with E-state index in [-0.39, 0.29) is 0 Å². The van der Waals surface area contributed by atoms with E-state index in [1.54, 1.807) is 0 Å². The number of rotatable bonds is 6. The first kappa shape index (κ1) is 11.9. The van der Waals surface area contributed by atoms with Crippen LogP contribution in [0.4, 0.5) is 0 Å². The first-order valence-corrected chi connectivity index (χ1v) is 4.45. The Hall–Kier alpha value is -0.120. The lowest BCUT2D eigenvalue weighted by molar-refractivity contribution is -0.890. The van der Waals surface area contributed by atoms with Gasteiger partial charge < -0.3 is 14.1 Å². The minimum absolute atomic E-state index is 0.799. The molecule has 0 atom stereocenters. The van der Waals surface area contributed by atoms with Crippen LogP contribution in [0.3, 0.4) is 0 Å². The van der Waals surface area contributed by atoms with Crippen molar-refractivity contribution in [3.8, 4) is 0 Å². The third kappa shape index (κ3) is 9.88. The van der Waals surface area contributed by atoms with Crippen LogP contribution in [0.25, 0.3) is 0 Å². The van der Waals surface area contributed by atoms with E-state index in [1.165, 1.54) is 0 Å². The lowest BCUT2D eigenvalue weighted by Gasteiger charge is -2.23. The van der Waals surface area contributed by atoms with Gasteiger partial charge in [0, 0.05) is 0 Å². The molecule has 0 aliphatic carbocycles. The molecule has 0 aromatic carbocycles. The predicted octanol–water partition coefficient (Wildman–Crippen LogP) is 0.618. The monoisotopic (exact) mass is 175 g/mol. The molecule has 0 aromatic rings. The molecule has 0 bridgehead atoms. The van der Waals surface area contributed by atoms with Crippen molar-refractivity contribution in [2.75, 3.05) is 55.1 Å². The molecule has 0 saturated heterocycles. The van der Waals surface area contributed by atoms with Crippen LogP contribution >= 0.6 is 0 Å². The average Bonchev–Trinajstić information content (AvgIpc) is 1.83. The van der Waals surface area contributed by atoms with Crippen LogP contribution in [-0.2, 0) is 4.74 Å². The van der Waals surface area contributed by atoms with Gasteiger partial charge in [0.05, 0.1) is 27.7 Å². The number of hydrogen-bond donors (Lipinski definition) is 0. The third-order valence-electron chi connectivity index (χ3n) is 1.37. The zero-order valence-corrected chi connectivity index (χ0v) is 9.13. The van der Waals surface area contributed by atoms with Gasteiger partial charge in [-0.2, -0.15) is 0 Å². The average molecular weight is 175 g/mol. The van der Waals surface area contributed by atoms with E-state index in [4.69, 9.17) is 4.74 Å². The molecule has 0 rings (SSSR count). The fourth-order valence-electron chi connectivity index (χ4n) is 0.821. The highest BCUT2D eigenvalue weighted by atomic mass is 16.5. The largest absolute Gasteiger partial charge is 0.332 e. The summed E-state index contributed by atoms with van der Waals surface area (Å²) in [7, 11) is 10.6. The second-order valence-electron chi connectivity index (χ2n) is 4.48. The summed E-state index contributed by atoms with van der Waals surface area (Å²) in [5, 5.41) is 0. The van der Waals surface area contributed by atoms with E-state index in [2.05, 4.69) is 40.1 Å². The van der Waals surface area contributed by atoms with Gasteiger partial charge in [-0.1, -0.05) is 0 Å². The number of ether oxygens (including phenoxy) is 1. The van der Waals surface area contributed by atoms with Crippen LogP contribution in [0.5, 0.6) is 0 Å². The van der Waals surface area contributed by atoms with Crippen LogP contribution in [-0.4, -0.2) is 64.5 Å². The van der Waals surface area contributed by atoms with Crippen molar-refractivity contribution in [3.63, 3.8) is 0 Å². The van der Waals surface area contributed by atoms with Crippen molar-refractivity contribution in [1.82, 2.24) is 4.90 Å². The van der Waals surface area contributed by atoms with E-state index in [1.807, 2.05) is 0 Å². The Bertz CT molecular complexity index is 108. The maximum absolute atomic E-state index is 5.49. The van der Waals surface area contributed by atoms with Gasteiger partial charge in [0.2, 0.25) is 0 Å². The number of quaternary nitrogens is 1. The summed E-state index contributed by atoms with van der Waals surface area (Å²) in [6.45, 7) is 2.78. The molecule has 0 fully saturated rings. The van der Waals surface area contributed by atoms with Crippen LogP contribution in [0.2, 0.25) is 0 Å². The Labute approximate surface area is 76.5 Å². The second kappa shape index (κ2) is 5.51. The molecule has 0 aliphatic rings. The second-order valence-corrected chi connectivity index (χ2v) is 4.48. The van der Waals surface area contributed by atoms with Crippen LogP contribution in [0.1, 0.15) is 6.42 Å². The normalized spacial score (nSPS) is 12.5. The van der Waals surface area contributed by atoms with Crippen LogP contribution < -0.4 is 0 Å². The summed E-state index contributed by atoms with van der Waals surface area (Å²) in [5.74, 6) is 0. The molecule has 12 heavy (non-hydrogen) atoms. The topological polar surface area (TPSA) is 12.5 Å². The van der Waals surface area contributed by atoms with E-state index in [0.717, 1.165) is 30.8 Å². The van der Waals surface area contributed by atoms with Crippen LogP contribution in [0.15, 0.2) is 0 Å². The van der Waals surface area contributed by atoms with Gasteiger partial charge in [-0.15, -0.1) is 0 Å². The lowest BCUT2D eigenvalue weighted by Crippen LogP contribution is -2.37. The van der Waals surface area contributed by atoms with E-state index in [0.29, 0.717) is 0 Å². The van der Waals surface area contributed by atoms with Gasteiger partial charge in [-0.25, -0.2) is 0 Å². The maximum Gasteiger partial charge on any atom is 0.182 e. The Kier molecular flexibility index (Phi) is 5.46. The zero-order chi connectivity index (χ0) is 9.61. The summed E-state index contributed by atoms with van der Waals surface area (Å²) < 4.78 is 6.37. The first-order valence-electron chi connectivity index (χ1n) is 4.45. The molecule has 0 unspecified atom stereocenters. The van der Waals surface area contributed by atoms with Crippen molar-refractivity contribution in [2.24, 2.45) is 0 Å². The van der Waals surface area contributed by atoms with Crippen molar-refractivity contribution in [1.29, 1.82) is 0 Å². The molecule has 0 aliphatic heterocycles. The van der Waals surface area contributed by atoms with Gasteiger partial charge >= 0.3 is 0 Å². The number of hydrogen-bond acceptors (Lipinski definition) is 2. The molecule has 3 heteroatoms. The smallest absolute Gasteiger partial charge is 0.182 e. The summed E-state index contributed by atoms with van der Waals surface area (Å²) in [6.07, 6.45) is 1.12. The van der Waals surface area contributed by atoms with Gasteiger partial charge in [-0.05, 0) is 27.1 Å². The number of nitrogens with zero attached hydrogens (tertiary/aromatic N) is 2. The van der Waals surface area contributed by atoms with Crippen molar-refractivity contribution >= 4 is 0 Å². The Morgan fingerprint density at radius 3 is 2.17 bits per heavy atom. The molecule has 0 radical (unpaired) electrons. The highest BCUT2D eigenvalue weighted by Crippen LogP contribution is 1.92. The highest BCUT2D eigenvalue weighted by Gasteiger charge is 2.05. The van der Waals surface area contributed by atoms with E-state index >= 15 is 0 Å². The molecule has 0 aromatic heterocycles. The lowest BCUT2D eigenvalue weighted by atomic mass is 10.4. The zero-order valence-electron chi connectivity index (χ0n) is 9.13. The van der Waals surface area contributed by atoms with Crippen molar-refractivity contribution in [2.45, 2.75) is 6.42 Å². The minimum atomic E-state index is 0.799. The summed E-state index contributed by atoms with van der Waals surface area (Å²) in [5.41, 5.74) is 0. The summed E-state index contributed by atoms with van der Waals surface area (Å²) >= 11 is 0. The Morgan fingerprint density at radius 2 is 1.75 bits per heavy atom. The summed E-state index contributed by atoms with van der Waals surface area (Å²) in [4.78, 5) is 2.18. The molecule has 74 valence electrons. The predicted molar refractivity (Wildman–Crippen MR) is 52.0 cm³/mol. The van der Waals surface area contributed by atoms with Crippen LogP contribution in [0, 0.1) is 0 Å². The fourth-order valence-corrected chi connectivity index (χ4v) is 0.821. The van der Waals surface area contributed by atoms with E-state index < -0.39 is 0 Å². The molecule has 0 saturated carbocycles. The minimum Gasteiger partial charge on any atom is -0.332 e. The molecule has 0 N–H and O–H groups in total. The third-order valence-corrected chi connectivity index (χ3v) is 1.37. The molecule has 0 heterocycles. The molecule has 0 spiro atoms. The van der Waals surface area contributed by atoms with Gasteiger partial charge in [0.25, 0.3) is 0 Å². The first-order chi connectivity index (χ1) is 5.42.